The van der Waals surface area contributed by atoms with E-state index in [1.807, 2.05) is 13.8 Å². The Morgan fingerprint density at radius 3 is 2.35 bits per heavy atom. The van der Waals surface area contributed by atoms with Crippen LogP contribution >= 0.6 is 11.6 Å². The number of rotatable bonds is 8. The van der Waals surface area contributed by atoms with Gasteiger partial charge in [-0.05, 0) is 50.5 Å². The summed E-state index contributed by atoms with van der Waals surface area (Å²) in [5, 5.41) is 6.05. The summed E-state index contributed by atoms with van der Waals surface area (Å²) in [4.78, 5) is 27.2. The number of hydrogen-bond acceptors (Lipinski definition) is 4. The number of carbonyl (C=O) groups is 2. The number of halogens is 1. The Balaban J connectivity index is 1.79. The molecule has 0 atom stereocenters. The lowest BCUT2D eigenvalue weighted by molar-refractivity contribution is 0.102. The van der Waals surface area contributed by atoms with Crippen molar-refractivity contribution in [3.8, 4) is 11.5 Å². The van der Waals surface area contributed by atoms with Gasteiger partial charge in [0.05, 0.1) is 29.6 Å². The van der Waals surface area contributed by atoms with Crippen molar-refractivity contribution >= 4 is 34.9 Å². The Labute approximate surface area is 187 Å². The molecule has 31 heavy (non-hydrogen) atoms. The van der Waals surface area contributed by atoms with Crippen LogP contribution in [0.5, 0.6) is 11.5 Å². The lowest BCUT2D eigenvalue weighted by atomic mass is 10.1. The number of carbonyl (C=O) groups excluding carboxylic acids is 2. The fourth-order valence-corrected chi connectivity index (χ4v) is 3.58. The van der Waals surface area contributed by atoms with Crippen molar-refractivity contribution in [3.05, 3.63) is 47.0 Å². The zero-order valence-corrected chi connectivity index (χ0v) is 18.6. The fraction of sp³-hybridized carbons (Fsp3) is 0.391. The van der Waals surface area contributed by atoms with Crippen molar-refractivity contribution in [2.24, 2.45) is 0 Å². The van der Waals surface area contributed by atoms with Gasteiger partial charge in [0.1, 0.15) is 0 Å². The lowest BCUT2D eigenvalue weighted by Crippen LogP contribution is -2.32. The molecule has 2 aromatic rings. The van der Waals surface area contributed by atoms with Crippen LogP contribution in [-0.2, 0) is 0 Å². The molecule has 0 aromatic heterocycles. The highest BCUT2D eigenvalue weighted by molar-refractivity contribution is 6.32. The number of nitrogens with zero attached hydrogens (tertiary/aromatic N) is 1. The van der Waals surface area contributed by atoms with Gasteiger partial charge < -0.3 is 25.0 Å². The van der Waals surface area contributed by atoms with E-state index in [0.29, 0.717) is 46.7 Å². The van der Waals surface area contributed by atoms with Gasteiger partial charge in [0.15, 0.2) is 11.5 Å². The molecular formula is C23H28ClN3O4. The summed E-state index contributed by atoms with van der Waals surface area (Å²) in [6.45, 7) is 6.24. The number of urea groups is 1. The molecule has 8 heteroatoms. The Morgan fingerprint density at radius 2 is 1.71 bits per heavy atom. The highest BCUT2D eigenvalue weighted by atomic mass is 35.5. The number of amides is 3. The Hall–Kier alpha value is -2.93. The summed E-state index contributed by atoms with van der Waals surface area (Å²) in [5.74, 6) is 0.484. The van der Waals surface area contributed by atoms with E-state index < -0.39 is 0 Å². The molecule has 1 fully saturated rings. The standard InChI is InChI=1S/C23H28ClN3O4/c1-3-13-31-21-17(24)14-16(15-20(21)30-4-2)22(28)25-18-9-5-6-10-19(18)26-23(29)27-11-7-8-12-27/h5-6,9-10,14-15H,3-4,7-8,11-13H2,1-2H3,(H,25,28)(H,26,29). The topological polar surface area (TPSA) is 79.9 Å². The van der Waals surface area contributed by atoms with Crippen LogP contribution in [0.3, 0.4) is 0 Å². The third kappa shape index (κ3) is 5.82. The quantitative estimate of drug-likeness (QED) is 0.569. The summed E-state index contributed by atoms with van der Waals surface area (Å²) < 4.78 is 11.3. The predicted molar refractivity (Wildman–Crippen MR) is 123 cm³/mol. The number of likely N-dealkylation sites (tertiary alicyclic amines) is 1. The predicted octanol–water partition coefficient (Wildman–Crippen LogP) is 5.41. The number of ether oxygens (including phenoxy) is 2. The van der Waals surface area contributed by atoms with Crippen LogP contribution < -0.4 is 20.1 Å². The Kier molecular flexibility index (Phi) is 8.00. The molecule has 0 spiro atoms. The first-order chi connectivity index (χ1) is 15.0. The van der Waals surface area contributed by atoms with E-state index in [9.17, 15) is 9.59 Å². The van der Waals surface area contributed by atoms with Gasteiger partial charge in [-0.1, -0.05) is 30.7 Å². The molecule has 1 aliphatic heterocycles. The number of benzene rings is 2. The average Bonchev–Trinajstić information content (AvgIpc) is 3.30. The number of hydrogen-bond donors (Lipinski definition) is 2. The van der Waals surface area contributed by atoms with Crippen LogP contribution in [-0.4, -0.2) is 43.1 Å². The summed E-state index contributed by atoms with van der Waals surface area (Å²) in [7, 11) is 0. The van der Waals surface area contributed by atoms with Gasteiger partial charge in [0, 0.05) is 18.7 Å². The maximum absolute atomic E-state index is 13.0. The van der Waals surface area contributed by atoms with Gasteiger partial charge in [-0.25, -0.2) is 4.79 Å². The van der Waals surface area contributed by atoms with E-state index in [1.54, 1.807) is 41.3 Å². The zero-order chi connectivity index (χ0) is 22.2. The van der Waals surface area contributed by atoms with Crippen LogP contribution in [0.4, 0.5) is 16.2 Å². The van der Waals surface area contributed by atoms with E-state index in [0.717, 1.165) is 32.4 Å². The molecule has 3 rings (SSSR count). The van der Waals surface area contributed by atoms with Crippen molar-refractivity contribution in [2.75, 3.05) is 36.9 Å². The maximum Gasteiger partial charge on any atom is 0.321 e. The van der Waals surface area contributed by atoms with Gasteiger partial charge in [0.25, 0.3) is 5.91 Å². The minimum absolute atomic E-state index is 0.168. The molecule has 1 heterocycles. The number of para-hydroxylation sites is 2. The molecule has 0 saturated carbocycles. The first-order valence-electron chi connectivity index (χ1n) is 10.6. The first-order valence-corrected chi connectivity index (χ1v) is 11.0. The monoisotopic (exact) mass is 445 g/mol. The normalized spacial score (nSPS) is 13.1. The highest BCUT2D eigenvalue weighted by Gasteiger charge is 2.20. The molecule has 7 nitrogen and oxygen atoms in total. The minimum Gasteiger partial charge on any atom is -0.490 e. The fourth-order valence-electron chi connectivity index (χ4n) is 3.32. The second-order valence-electron chi connectivity index (χ2n) is 7.19. The molecule has 1 saturated heterocycles. The van der Waals surface area contributed by atoms with Crippen LogP contribution in [0.1, 0.15) is 43.5 Å². The van der Waals surface area contributed by atoms with Crippen LogP contribution in [0.15, 0.2) is 36.4 Å². The van der Waals surface area contributed by atoms with E-state index in [1.165, 1.54) is 0 Å². The van der Waals surface area contributed by atoms with Crippen molar-refractivity contribution in [3.63, 3.8) is 0 Å². The minimum atomic E-state index is -0.368. The molecule has 2 aromatic carbocycles. The van der Waals surface area contributed by atoms with Crippen molar-refractivity contribution in [2.45, 2.75) is 33.1 Å². The summed E-state index contributed by atoms with van der Waals surface area (Å²) in [6, 6.07) is 10.1. The molecular weight excluding hydrogens is 418 g/mol. The highest BCUT2D eigenvalue weighted by Crippen LogP contribution is 2.37. The van der Waals surface area contributed by atoms with Gasteiger partial charge in [-0.3, -0.25) is 4.79 Å². The third-order valence-electron chi connectivity index (χ3n) is 4.83. The smallest absolute Gasteiger partial charge is 0.321 e. The van der Waals surface area contributed by atoms with Crippen LogP contribution in [0.25, 0.3) is 0 Å². The molecule has 3 amide bonds. The van der Waals surface area contributed by atoms with Crippen molar-refractivity contribution in [1.29, 1.82) is 0 Å². The molecule has 2 N–H and O–H groups in total. The van der Waals surface area contributed by atoms with Gasteiger partial charge in [0.2, 0.25) is 0 Å². The SMILES string of the molecule is CCCOc1c(Cl)cc(C(=O)Nc2ccccc2NC(=O)N2CCCC2)cc1OCC. The summed E-state index contributed by atoms with van der Waals surface area (Å²) >= 11 is 6.38. The average molecular weight is 446 g/mol. The Morgan fingerprint density at radius 1 is 1.03 bits per heavy atom. The largest absolute Gasteiger partial charge is 0.490 e. The van der Waals surface area contributed by atoms with E-state index >= 15 is 0 Å². The van der Waals surface area contributed by atoms with E-state index in [4.69, 9.17) is 21.1 Å². The molecule has 0 bridgehead atoms. The van der Waals surface area contributed by atoms with Gasteiger partial charge in [-0.2, -0.15) is 0 Å². The van der Waals surface area contributed by atoms with Crippen molar-refractivity contribution < 1.29 is 19.1 Å². The van der Waals surface area contributed by atoms with E-state index in [-0.39, 0.29) is 11.9 Å². The summed E-state index contributed by atoms with van der Waals surface area (Å²) in [5.41, 5.74) is 1.37. The van der Waals surface area contributed by atoms with Crippen LogP contribution in [0, 0.1) is 0 Å². The number of nitrogens with one attached hydrogen (secondary N) is 2. The second-order valence-corrected chi connectivity index (χ2v) is 7.60. The summed E-state index contributed by atoms with van der Waals surface area (Å²) in [6.07, 6.45) is 2.84. The first kappa shape index (κ1) is 22.7. The van der Waals surface area contributed by atoms with E-state index in [2.05, 4.69) is 10.6 Å². The molecule has 166 valence electrons. The molecule has 0 unspecified atom stereocenters. The second kappa shape index (κ2) is 10.9. The zero-order valence-electron chi connectivity index (χ0n) is 17.9. The molecule has 0 radical (unpaired) electrons. The third-order valence-corrected chi connectivity index (χ3v) is 5.11. The van der Waals surface area contributed by atoms with Crippen molar-refractivity contribution in [1.82, 2.24) is 4.90 Å². The lowest BCUT2D eigenvalue weighted by Gasteiger charge is -2.18. The van der Waals surface area contributed by atoms with Gasteiger partial charge >= 0.3 is 6.03 Å². The number of anilines is 2. The Bertz CT molecular complexity index is 929. The van der Waals surface area contributed by atoms with Crippen LogP contribution in [0.2, 0.25) is 5.02 Å². The molecule has 1 aliphatic rings. The maximum atomic E-state index is 13.0. The molecule has 0 aliphatic carbocycles. The van der Waals surface area contributed by atoms with Gasteiger partial charge in [-0.15, -0.1) is 0 Å².